The summed E-state index contributed by atoms with van der Waals surface area (Å²) < 4.78 is 2.68. The van der Waals surface area contributed by atoms with Crippen LogP contribution in [0, 0.1) is 0 Å². The fourth-order valence-corrected chi connectivity index (χ4v) is 7.12. The molecular weight excluding hydrogens is 492 g/mol. The van der Waals surface area contributed by atoms with Crippen molar-refractivity contribution in [2.24, 2.45) is 0 Å². The van der Waals surface area contributed by atoms with Crippen LogP contribution < -0.4 is 0 Å². The minimum atomic E-state index is 1.00. The first-order chi connectivity index (χ1) is 19.3. The fourth-order valence-electron chi connectivity index (χ4n) is 5.98. The molecule has 0 spiro atoms. The van der Waals surface area contributed by atoms with Crippen LogP contribution in [-0.4, -0.2) is 12.2 Å². The highest BCUT2D eigenvalue weighted by atomic mass is 32.1. The van der Waals surface area contributed by atoms with Gasteiger partial charge in [0.05, 0.1) is 0 Å². The number of hydrogen-bond donors (Lipinski definition) is 1. The van der Waals surface area contributed by atoms with E-state index in [0.29, 0.717) is 0 Å². The molecule has 0 saturated heterocycles. The van der Waals surface area contributed by atoms with Gasteiger partial charge in [0.2, 0.25) is 0 Å². The lowest BCUT2D eigenvalue weighted by atomic mass is 9.85. The number of aliphatic hydroxyl groups excluding tert-OH is 1. The molecule has 0 aliphatic rings. The summed E-state index contributed by atoms with van der Waals surface area (Å²) in [7, 11) is 1.00. The van der Waals surface area contributed by atoms with Crippen LogP contribution >= 0.6 is 11.3 Å². The van der Waals surface area contributed by atoms with Crippen molar-refractivity contribution in [3.05, 3.63) is 133 Å². The smallest absolute Gasteiger partial charge is 0.0361 e. The zero-order valence-electron chi connectivity index (χ0n) is 21.6. The van der Waals surface area contributed by atoms with Gasteiger partial charge >= 0.3 is 0 Å². The number of benzene rings is 7. The van der Waals surface area contributed by atoms with E-state index >= 15 is 0 Å². The molecule has 0 bridgehead atoms. The maximum atomic E-state index is 7.00. The molecule has 0 unspecified atom stereocenters. The normalized spacial score (nSPS) is 11.3. The number of hydrogen-bond acceptors (Lipinski definition) is 2. The molecule has 0 amide bonds. The second-order valence-corrected chi connectivity index (χ2v) is 10.8. The Morgan fingerprint density at radius 2 is 0.846 bits per heavy atom. The van der Waals surface area contributed by atoms with Crippen LogP contribution in [0.3, 0.4) is 0 Å². The third-order valence-corrected chi connectivity index (χ3v) is 8.77. The maximum absolute atomic E-state index is 7.00. The van der Waals surface area contributed by atoms with Crippen molar-refractivity contribution in [1.29, 1.82) is 0 Å². The first-order valence-electron chi connectivity index (χ1n) is 13.1. The average molecular weight is 519 g/mol. The Morgan fingerprint density at radius 1 is 0.385 bits per heavy atom. The Bertz CT molecular complexity index is 2090. The maximum Gasteiger partial charge on any atom is 0.0361 e. The van der Waals surface area contributed by atoms with Crippen LogP contribution in [0.1, 0.15) is 0 Å². The van der Waals surface area contributed by atoms with Gasteiger partial charge in [-0.15, -0.1) is 11.3 Å². The van der Waals surface area contributed by atoms with Crippen molar-refractivity contribution in [1.82, 2.24) is 0 Å². The summed E-state index contributed by atoms with van der Waals surface area (Å²) in [5.41, 5.74) is 5.16. The van der Waals surface area contributed by atoms with Crippen LogP contribution in [0.5, 0.6) is 0 Å². The van der Waals surface area contributed by atoms with Crippen molar-refractivity contribution >= 4 is 63.8 Å². The zero-order chi connectivity index (χ0) is 26.3. The highest BCUT2D eigenvalue weighted by Gasteiger charge is 2.17. The van der Waals surface area contributed by atoms with Gasteiger partial charge in [-0.2, -0.15) is 0 Å². The second-order valence-electron chi connectivity index (χ2n) is 9.71. The molecule has 1 nitrogen and oxygen atoms in total. The number of aliphatic hydroxyl groups is 1. The van der Waals surface area contributed by atoms with Crippen LogP contribution in [0.15, 0.2) is 133 Å². The van der Waals surface area contributed by atoms with Crippen LogP contribution in [0.4, 0.5) is 0 Å². The summed E-state index contributed by atoms with van der Waals surface area (Å²) in [5, 5.41) is 17.4. The van der Waals surface area contributed by atoms with E-state index in [4.69, 9.17) is 5.11 Å². The summed E-state index contributed by atoms with van der Waals surface area (Å²) in [6.07, 6.45) is 0. The van der Waals surface area contributed by atoms with E-state index in [-0.39, 0.29) is 0 Å². The van der Waals surface area contributed by atoms with Crippen molar-refractivity contribution < 1.29 is 5.11 Å². The molecule has 8 rings (SSSR count). The van der Waals surface area contributed by atoms with Gasteiger partial charge in [0, 0.05) is 27.3 Å². The first kappa shape index (κ1) is 23.6. The highest BCUT2D eigenvalue weighted by molar-refractivity contribution is 7.25. The molecule has 1 heterocycles. The van der Waals surface area contributed by atoms with E-state index in [9.17, 15) is 0 Å². The van der Waals surface area contributed by atoms with Gasteiger partial charge in [-0.3, -0.25) is 0 Å². The largest absolute Gasteiger partial charge is 0.400 e. The van der Waals surface area contributed by atoms with Gasteiger partial charge in [-0.05, 0) is 72.8 Å². The molecule has 7 aromatic carbocycles. The Morgan fingerprint density at radius 3 is 1.49 bits per heavy atom. The van der Waals surface area contributed by atoms with E-state index in [0.717, 1.165) is 7.11 Å². The van der Waals surface area contributed by atoms with E-state index in [1.54, 1.807) is 0 Å². The zero-order valence-corrected chi connectivity index (χ0v) is 22.4. The Balaban J connectivity index is 0.00000124. The Labute approximate surface area is 231 Å². The van der Waals surface area contributed by atoms with Crippen molar-refractivity contribution in [2.45, 2.75) is 0 Å². The van der Waals surface area contributed by atoms with Gasteiger partial charge in [-0.25, -0.2) is 0 Å². The van der Waals surface area contributed by atoms with Crippen LogP contribution in [0.25, 0.3) is 74.7 Å². The molecule has 0 atom stereocenters. The lowest BCUT2D eigenvalue weighted by molar-refractivity contribution is 0.399. The third kappa shape index (κ3) is 3.80. The van der Waals surface area contributed by atoms with E-state index in [1.165, 1.54) is 74.7 Å². The summed E-state index contributed by atoms with van der Waals surface area (Å²) in [6, 6.07) is 49.0. The van der Waals surface area contributed by atoms with E-state index < -0.39 is 0 Å². The summed E-state index contributed by atoms with van der Waals surface area (Å²) in [6.45, 7) is 0. The van der Waals surface area contributed by atoms with Crippen molar-refractivity contribution in [2.75, 3.05) is 7.11 Å². The molecule has 39 heavy (non-hydrogen) atoms. The van der Waals surface area contributed by atoms with E-state index in [1.807, 2.05) is 11.3 Å². The average Bonchev–Trinajstić information content (AvgIpc) is 3.38. The quantitative estimate of drug-likeness (QED) is 0.226. The monoisotopic (exact) mass is 518 g/mol. The lowest BCUT2D eigenvalue weighted by Gasteiger charge is -2.18. The Kier molecular flexibility index (Phi) is 5.85. The molecule has 0 saturated carbocycles. The van der Waals surface area contributed by atoms with Gasteiger partial charge in [0.1, 0.15) is 0 Å². The van der Waals surface area contributed by atoms with Gasteiger partial charge in [0.25, 0.3) is 0 Å². The topological polar surface area (TPSA) is 20.2 Å². The highest BCUT2D eigenvalue weighted by Crippen LogP contribution is 2.45. The molecule has 186 valence electrons. The molecule has 1 N–H and O–H groups in total. The summed E-state index contributed by atoms with van der Waals surface area (Å²) in [5.74, 6) is 0. The van der Waals surface area contributed by atoms with Gasteiger partial charge in [-0.1, -0.05) is 115 Å². The SMILES string of the molecule is CO.c1ccc2cc(-c3c4ccccc4c(-c4ccc5c(c4)sc4ccccc45)c4ccccc34)ccc2c1. The molecular formula is C37H26OS. The first-order valence-corrected chi connectivity index (χ1v) is 14.0. The molecule has 0 fully saturated rings. The number of fused-ring (bicyclic) bond motifs is 6. The van der Waals surface area contributed by atoms with Crippen molar-refractivity contribution in [3.63, 3.8) is 0 Å². The number of thiophene rings is 1. The second kappa shape index (κ2) is 9.67. The van der Waals surface area contributed by atoms with Crippen LogP contribution in [-0.2, 0) is 0 Å². The van der Waals surface area contributed by atoms with E-state index in [2.05, 4.69) is 133 Å². The molecule has 0 aliphatic carbocycles. The molecule has 0 aliphatic heterocycles. The Hall–Kier alpha value is -4.50. The molecule has 0 radical (unpaired) electrons. The van der Waals surface area contributed by atoms with Gasteiger partial charge < -0.3 is 5.11 Å². The molecule has 8 aromatic rings. The predicted molar refractivity (Wildman–Crippen MR) is 171 cm³/mol. The third-order valence-electron chi connectivity index (χ3n) is 7.64. The fraction of sp³-hybridized carbons (Fsp3) is 0.0270. The standard InChI is InChI=1S/C36H22S.CH4O/c1-2-10-24-21-25(18-17-23(24)9-1)35-29-12-3-5-14-31(29)36(32-15-6-4-13-30(32)35)26-19-20-28-27-11-7-8-16-33(27)37-34(28)22-26;1-2/h1-22H;2H,1H3. The minimum Gasteiger partial charge on any atom is -0.400 e. The summed E-state index contributed by atoms with van der Waals surface area (Å²) >= 11 is 1.88. The van der Waals surface area contributed by atoms with Crippen LogP contribution in [0.2, 0.25) is 0 Å². The van der Waals surface area contributed by atoms with Crippen molar-refractivity contribution in [3.8, 4) is 22.3 Å². The lowest BCUT2D eigenvalue weighted by Crippen LogP contribution is -1.90. The molecule has 2 heteroatoms. The van der Waals surface area contributed by atoms with Gasteiger partial charge in [0.15, 0.2) is 0 Å². The number of rotatable bonds is 2. The minimum absolute atomic E-state index is 1.00. The molecule has 1 aromatic heterocycles. The summed E-state index contributed by atoms with van der Waals surface area (Å²) in [4.78, 5) is 0. The predicted octanol–water partition coefficient (Wildman–Crippen LogP) is 10.5.